The number of morpholine rings is 1. The third kappa shape index (κ3) is 2.99. The van der Waals surface area contributed by atoms with Crippen LogP contribution >= 0.6 is 11.3 Å². The summed E-state index contributed by atoms with van der Waals surface area (Å²) in [5.41, 5.74) is 1.86. The van der Waals surface area contributed by atoms with Crippen molar-refractivity contribution >= 4 is 17.2 Å². The van der Waals surface area contributed by atoms with Crippen LogP contribution in [0, 0.1) is 6.92 Å². The Morgan fingerprint density at radius 2 is 2.14 bits per heavy atom. The Balaban J connectivity index is 1.86. The second kappa shape index (κ2) is 5.95. The van der Waals surface area contributed by atoms with Gasteiger partial charge in [0.2, 0.25) is 0 Å². The number of hydrogen-bond donors (Lipinski definition) is 0. The summed E-state index contributed by atoms with van der Waals surface area (Å²) < 4.78 is 5.49. The highest BCUT2D eigenvalue weighted by molar-refractivity contribution is 7.17. The molecule has 0 bridgehead atoms. The quantitative estimate of drug-likeness (QED) is 0.856. The minimum atomic E-state index is 0.0716. The van der Waals surface area contributed by atoms with Crippen molar-refractivity contribution < 1.29 is 9.53 Å². The van der Waals surface area contributed by atoms with Crippen molar-refractivity contribution in [2.45, 2.75) is 20.0 Å². The molecule has 1 saturated heterocycles. The van der Waals surface area contributed by atoms with Gasteiger partial charge in [0.1, 0.15) is 9.88 Å². The van der Waals surface area contributed by atoms with Gasteiger partial charge in [-0.25, -0.2) is 4.98 Å². The number of amides is 1. The molecule has 1 aliphatic heterocycles. The molecule has 4 nitrogen and oxygen atoms in total. The normalized spacial score (nSPS) is 18.8. The molecule has 2 heterocycles. The maximum absolute atomic E-state index is 12.7. The van der Waals surface area contributed by atoms with Crippen LogP contribution in [-0.4, -0.2) is 41.6 Å². The van der Waals surface area contributed by atoms with Crippen LogP contribution in [0.2, 0.25) is 0 Å². The fourth-order valence-corrected chi connectivity index (χ4v) is 3.49. The summed E-state index contributed by atoms with van der Waals surface area (Å²) in [6.07, 6.45) is 0.101. The Kier molecular flexibility index (Phi) is 4.03. The summed E-state index contributed by atoms with van der Waals surface area (Å²) in [6.45, 7) is 5.81. The molecule has 1 aromatic carbocycles. The molecule has 1 amide bonds. The molecule has 1 aromatic heterocycles. The Bertz CT molecular complexity index is 639. The lowest BCUT2D eigenvalue weighted by Crippen LogP contribution is -2.44. The maximum atomic E-state index is 12.7. The van der Waals surface area contributed by atoms with Crippen LogP contribution < -0.4 is 0 Å². The number of benzene rings is 1. The van der Waals surface area contributed by atoms with Gasteiger partial charge < -0.3 is 9.64 Å². The van der Waals surface area contributed by atoms with E-state index in [1.807, 2.05) is 49.1 Å². The summed E-state index contributed by atoms with van der Waals surface area (Å²) in [6, 6.07) is 9.98. The lowest BCUT2D eigenvalue weighted by molar-refractivity contribution is -0.0122. The number of aryl methyl sites for hydroxylation is 1. The fourth-order valence-electron chi connectivity index (χ4n) is 2.45. The van der Waals surface area contributed by atoms with Gasteiger partial charge in [-0.15, -0.1) is 11.3 Å². The van der Waals surface area contributed by atoms with E-state index in [1.165, 1.54) is 11.3 Å². The highest BCUT2D eigenvalue weighted by atomic mass is 32.1. The molecule has 0 spiro atoms. The summed E-state index contributed by atoms with van der Waals surface area (Å²) in [7, 11) is 0. The zero-order chi connectivity index (χ0) is 14.8. The number of hydrogen-bond acceptors (Lipinski definition) is 4. The number of carbonyl (C=O) groups is 1. The van der Waals surface area contributed by atoms with Crippen molar-refractivity contribution in [2.75, 3.05) is 19.7 Å². The van der Waals surface area contributed by atoms with E-state index in [9.17, 15) is 4.79 Å². The average Bonchev–Trinajstić information content (AvgIpc) is 2.89. The first kappa shape index (κ1) is 14.2. The molecule has 110 valence electrons. The first-order valence-corrected chi connectivity index (χ1v) is 7.90. The van der Waals surface area contributed by atoms with Crippen LogP contribution in [0.3, 0.4) is 0 Å². The minimum Gasteiger partial charge on any atom is -0.375 e. The largest absolute Gasteiger partial charge is 0.375 e. The fraction of sp³-hybridized carbons (Fsp3) is 0.375. The van der Waals surface area contributed by atoms with Crippen molar-refractivity contribution in [2.24, 2.45) is 0 Å². The predicted molar refractivity (Wildman–Crippen MR) is 83.6 cm³/mol. The molecular weight excluding hydrogens is 284 g/mol. The third-order valence-corrected chi connectivity index (χ3v) is 4.73. The summed E-state index contributed by atoms with van der Waals surface area (Å²) in [5, 5.41) is 0.901. The molecule has 0 aliphatic carbocycles. The van der Waals surface area contributed by atoms with Crippen LogP contribution in [0.15, 0.2) is 30.3 Å². The van der Waals surface area contributed by atoms with Crippen LogP contribution in [0.4, 0.5) is 0 Å². The van der Waals surface area contributed by atoms with Crippen LogP contribution in [0.25, 0.3) is 10.6 Å². The van der Waals surface area contributed by atoms with E-state index < -0.39 is 0 Å². The molecule has 3 rings (SSSR count). The second-order valence-corrected chi connectivity index (χ2v) is 6.23. The summed E-state index contributed by atoms with van der Waals surface area (Å²) in [4.78, 5) is 19.8. The zero-order valence-electron chi connectivity index (χ0n) is 12.2. The van der Waals surface area contributed by atoms with E-state index in [1.54, 1.807) is 0 Å². The summed E-state index contributed by atoms with van der Waals surface area (Å²) in [5.74, 6) is 0.0716. The predicted octanol–water partition coefficient (Wildman–Crippen LogP) is 2.98. The van der Waals surface area contributed by atoms with Crippen molar-refractivity contribution in [1.82, 2.24) is 9.88 Å². The van der Waals surface area contributed by atoms with Crippen molar-refractivity contribution in [3.8, 4) is 10.6 Å². The Labute approximate surface area is 128 Å². The van der Waals surface area contributed by atoms with E-state index in [2.05, 4.69) is 4.98 Å². The smallest absolute Gasteiger partial charge is 0.266 e. The van der Waals surface area contributed by atoms with Crippen LogP contribution in [-0.2, 0) is 4.74 Å². The van der Waals surface area contributed by atoms with E-state index in [4.69, 9.17) is 4.74 Å². The lowest BCUT2D eigenvalue weighted by atomic mass is 10.2. The van der Waals surface area contributed by atoms with Crippen molar-refractivity contribution in [3.05, 3.63) is 40.9 Å². The first-order valence-electron chi connectivity index (χ1n) is 7.09. The maximum Gasteiger partial charge on any atom is 0.266 e. The van der Waals surface area contributed by atoms with Crippen LogP contribution in [0.5, 0.6) is 0 Å². The Hall–Kier alpha value is -1.72. The van der Waals surface area contributed by atoms with Crippen LogP contribution in [0.1, 0.15) is 22.3 Å². The Morgan fingerprint density at radius 3 is 2.86 bits per heavy atom. The van der Waals surface area contributed by atoms with E-state index in [0.29, 0.717) is 19.7 Å². The van der Waals surface area contributed by atoms with Gasteiger partial charge in [0.15, 0.2) is 0 Å². The molecule has 2 aromatic rings. The molecule has 21 heavy (non-hydrogen) atoms. The summed E-state index contributed by atoms with van der Waals surface area (Å²) >= 11 is 1.47. The topological polar surface area (TPSA) is 42.4 Å². The molecule has 0 radical (unpaired) electrons. The van der Waals surface area contributed by atoms with Gasteiger partial charge in [0, 0.05) is 18.7 Å². The molecule has 5 heteroatoms. The Morgan fingerprint density at radius 1 is 1.38 bits per heavy atom. The second-order valence-electron chi connectivity index (χ2n) is 5.23. The average molecular weight is 302 g/mol. The number of carbonyl (C=O) groups excluding carboxylic acids is 1. The van der Waals surface area contributed by atoms with Gasteiger partial charge in [-0.2, -0.15) is 0 Å². The van der Waals surface area contributed by atoms with Crippen molar-refractivity contribution in [1.29, 1.82) is 0 Å². The molecule has 0 N–H and O–H groups in total. The molecule has 1 fully saturated rings. The SMILES string of the molecule is Cc1nc(-c2ccccc2)sc1C(=O)N1CCOC(C)C1. The van der Waals surface area contributed by atoms with Gasteiger partial charge in [-0.1, -0.05) is 30.3 Å². The zero-order valence-corrected chi connectivity index (χ0v) is 13.0. The highest BCUT2D eigenvalue weighted by Crippen LogP contribution is 2.29. The number of aromatic nitrogens is 1. The molecule has 1 aliphatic rings. The molecule has 1 atom stereocenters. The number of rotatable bonds is 2. The number of thiazole rings is 1. The molecular formula is C16H18N2O2S. The third-order valence-electron chi connectivity index (χ3n) is 3.54. The van der Waals surface area contributed by atoms with E-state index >= 15 is 0 Å². The number of nitrogens with zero attached hydrogens (tertiary/aromatic N) is 2. The van der Waals surface area contributed by atoms with Gasteiger partial charge in [-0.3, -0.25) is 4.79 Å². The first-order chi connectivity index (χ1) is 10.1. The monoisotopic (exact) mass is 302 g/mol. The van der Waals surface area contributed by atoms with Gasteiger partial charge in [0.05, 0.1) is 18.4 Å². The van der Waals surface area contributed by atoms with E-state index in [-0.39, 0.29) is 12.0 Å². The minimum absolute atomic E-state index is 0.0716. The van der Waals surface area contributed by atoms with E-state index in [0.717, 1.165) is 21.1 Å². The highest BCUT2D eigenvalue weighted by Gasteiger charge is 2.25. The lowest BCUT2D eigenvalue weighted by Gasteiger charge is -2.30. The van der Waals surface area contributed by atoms with Gasteiger partial charge in [-0.05, 0) is 13.8 Å². The number of ether oxygens (including phenoxy) is 1. The van der Waals surface area contributed by atoms with Gasteiger partial charge in [0.25, 0.3) is 5.91 Å². The molecule has 0 saturated carbocycles. The molecule has 1 unspecified atom stereocenters. The van der Waals surface area contributed by atoms with Crippen molar-refractivity contribution in [3.63, 3.8) is 0 Å². The van der Waals surface area contributed by atoms with Gasteiger partial charge >= 0.3 is 0 Å². The standard InChI is InChI=1S/C16H18N2O2S/c1-11-10-18(8-9-20-11)16(19)14-12(2)17-15(21-14)13-6-4-3-5-7-13/h3-7,11H,8-10H2,1-2H3.